The number of Topliss-reactive ketones (excluding diaryl/α,β-unsaturated/α-hetero) is 1. The van der Waals surface area contributed by atoms with Crippen molar-refractivity contribution in [2.24, 2.45) is 5.92 Å². The van der Waals surface area contributed by atoms with E-state index in [9.17, 15) is 14.4 Å². The van der Waals surface area contributed by atoms with Crippen LogP contribution in [0.3, 0.4) is 0 Å². The minimum Gasteiger partial charge on any atom is -0.465 e. The summed E-state index contributed by atoms with van der Waals surface area (Å²) in [7, 11) is 0. The van der Waals surface area contributed by atoms with Gasteiger partial charge in [-0.25, -0.2) is 0 Å². The lowest BCUT2D eigenvalue weighted by molar-refractivity contribution is -0.152. The minimum atomic E-state index is -1.04. The highest BCUT2D eigenvalue weighted by Gasteiger charge is 2.35. The van der Waals surface area contributed by atoms with Gasteiger partial charge in [-0.2, -0.15) is 0 Å². The maximum absolute atomic E-state index is 12.1. The molecule has 0 aromatic heterocycles. The van der Waals surface area contributed by atoms with E-state index in [2.05, 4.69) is 5.32 Å². The van der Waals surface area contributed by atoms with E-state index in [0.717, 1.165) is 5.56 Å². The van der Waals surface area contributed by atoms with Crippen molar-refractivity contribution in [3.8, 4) is 0 Å². The van der Waals surface area contributed by atoms with E-state index >= 15 is 0 Å². The van der Waals surface area contributed by atoms with E-state index in [1.165, 1.54) is 13.8 Å². The van der Waals surface area contributed by atoms with Crippen molar-refractivity contribution in [3.05, 3.63) is 35.4 Å². The number of nitrogens with one attached hydrogen (secondary N) is 1. The molecule has 21 heavy (non-hydrogen) atoms. The summed E-state index contributed by atoms with van der Waals surface area (Å²) in [5.41, 5.74) is 1.75. The Morgan fingerprint density at radius 2 is 1.71 bits per heavy atom. The van der Waals surface area contributed by atoms with Crippen LogP contribution in [0, 0.1) is 12.8 Å². The Morgan fingerprint density at radius 3 is 2.14 bits per heavy atom. The lowest BCUT2D eigenvalue weighted by Gasteiger charge is -2.25. The number of rotatable bonds is 6. The molecule has 1 aromatic rings. The third kappa shape index (κ3) is 4.70. The average molecular weight is 291 g/mol. The molecule has 114 valence electrons. The van der Waals surface area contributed by atoms with Gasteiger partial charge in [0.05, 0.1) is 12.6 Å². The highest BCUT2D eigenvalue weighted by Crippen LogP contribution is 2.25. The molecule has 0 aliphatic carbocycles. The standard InChI is InChI=1S/C16H21NO4/c1-5-21-16(20)14(11(3)18)15(17-12(4)19)13-8-6-10(2)7-9-13/h6-9,14-15H,5H2,1-4H3,(H,17,19)/t14-,15-/m0/s1. The first-order valence-corrected chi connectivity index (χ1v) is 6.87. The number of carbonyl (C=O) groups is 3. The van der Waals surface area contributed by atoms with Crippen LogP contribution in [0.5, 0.6) is 0 Å². The molecule has 1 amide bonds. The molecule has 0 spiro atoms. The van der Waals surface area contributed by atoms with Crippen molar-refractivity contribution in [2.75, 3.05) is 6.61 Å². The van der Waals surface area contributed by atoms with Crippen LogP contribution in [0.15, 0.2) is 24.3 Å². The lowest BCUT2D eigenvalue weighted by Crippen LogP contribution is -2.40. The van der Waals surface area contributed by atoms with Crippen molar-refractivity contribution in [2.45, 2.75) is 33.7 Å². The topological polar surface area (TPSA) is 72.5 Å². The van der Waals surface area contributed by atoms with Gasteiger partial charge in [0, 0.05) is 6.92 Å². The second kappa shape index (κ2) is 7.57. The molecule has 5 heteroatoms. The fraction of sp³-hybridized carbons (Fsp3) is 0.438. The SMILES string of the molecule is CCOC(=O)[C@@H](C(C)=O)[C@@H](NC(C)=O)c1ccc(C)cc1. The van der Waals surface area contributed by atoms with Gasteiger partial charge in [-0.05, 0) is 26.3 Å². The minimum absolute atomic E-state index is 0.184. The van der Waals surface area contributed by atoms with Gasteiger partial charge < -0.3 is 10.1 Å². The number of ketones is 1. The largest absolute Gasteiger partial charge is 0.465 e. The van der Waals surface area contributed by atoms with Gasteiger partial charge in [0.2, 0.25) is 5.91 Å². The summed E-state index contributed by atoms with van der Waals surface area (Å²) in [6, 6.07) is 6.61. The van der Waals surface area contributed by atoms with Crippen LogP contribution in [0.25, 0.3) is 0 Å². The molecule has 2 atom stereocenters. The van der Waals surface area contributed by atoms with Gasteiger partial charge in [0.1, 0.15) is 11.7 Å². The Bertz CT molecular complexity index is 522. The van der Waals surface area contributed by atoms with Gasteiger partial charge in [-0.15, -0.1) is 0 Å². The van der Waals surface area contributed by atoms with Crippen molar-refractivity contribution in [1.29, 1.82) is 0 Å². The van der Waals surface area contributed by atoms with Crippen LogP contribution < -0.4 is 5.32 Å². The van der Waals surface area contributed by atoms with Gasteiger partial charge in [0.25, 0.3) is 0 Å². The number of hydrogen-bond acceptors (Lipinski definition) is 4. The summed E-state index contributed by atoms with van der Waals surface area (Å²) in [4.78, 5) is 35.4. The van der Waals surface area contributed by atoms with E-state index in [-0.39, 0.29) is 18.3 Å². The Kier molecular flexibility index (Phi) is 6.09. The summed E-state index contributed by atoms with van der Waals surface area (Å²) in [6.07, 6.45) is 0. The fourth-order valence-electron chi connectivity index (χ4n) is 2.12. The molecule has 0 saturated heterocycles. The summed E-state index contributed by atoms with van der Waals surface area (Å²) < 4.78 is 4.96. The van der Waals surface area contributed by atoms with Crippen molar-refractivity contribution in [3.63, 3.8) is 0 Å². The third-order valence-corrected chi connectivity index (χ3v) is 3.11. The number of hydrogen-bond donors (Lipinski definition) is 1. The van der Waals surface area contributed by atoms with E-state index in [1.54, 1.807) is 19.1 Å². The molecule has 1 rings (SSSR count). The molecule has 1 aromatic carbocycles. The number of carbonyl (C=O) groups excluding carboxylic acids is 3. The molecule has 0 aliphatic heterocycles. The number of benzene rings is 1. The van der Waals surface area contributed by atoms with Crippen LogP contribution in [0.2, 0.25) is 0 Å². The number of amides is 1. The lowest BCUT2D eigenvalue weighted by atomic mass is 9.89. The van der Waals surface area contributed by atoms with Gasteiger partial charge in [-0.1, -0.05) is 29.8 Å². The zero-order valence-corrected chi connectivity index (χ0v) is 12.8. The van der Waals surface area contributed by atoms with E-state index in [1.807, 2.05) is 19.1 Å². The number of ether oxygens (including phenoxy) is 1. The summed E-state index contributed by atoms with van der Waals surface area (Å²) in [6.45, 7) is 6.47. The maximum atomic E-state index is 12.1. The van der Waals surface area contributed by atoms with Crippen LogP contribution in [-0.2, 0) is 19.1 Å². The maximum Gasteiger partial charge on any atom is 0.318 e. The molecule has 0 heterocycles. The average Bonchev–Trinajstić information content (AvgIpc) is 2.38. The highest BCUT2D eigenvalue weighted by molar-refractivity contribution is 5.99. The fourth-order valence-corrected chi connectivity index (χ4v) is 2.12. The zero-order chi connectivity index (χ0) is 16.0. The van der Waals surface area contributed by atoms with Crippen molar-refractivity contribution in [1.82, 2.24) is 5.32 Å². The van der Waals surface area contributed by atoms with Crippen molar-refractivity contribution < 1.29 is 19.1 Å². The smallest absolute Gasteiger partial charge is 0.318 e. The predicted molar refractivity (Wildman–Crippen MR) is 78.5 cm³/mol. The highest BCUT2D eigenvalue weighted by atomic mass is 16.5. The first kappa shape index (κ1) is 16.9. The second-order valence-electron chi connectivity index (χ2n) is 4.93. The normalized spacial score (nSPS) is 13.1. The number of esters is 1. The Balaban J connectivity index is 3.19. The predicted octanol–water partition coefficient (Wildman–Crippen LogP) is 1.94. The van der Waals surface area contributed by atoms with E-state index in [4.69, 9.17) is 4.74 Å². The van der Waals surface area contributed by atoms with Crippen LogP contribution >= 0.6 is 0 Å². The van der Waals surface area contributed by atoms with Crippen LogP contribution in [0.4, 0.5) is 0 Å². The molecule has 0 aliphatic rings. The Hall–Kier alpha value is -2.17. The zero-order valence-electron chi connectivity index (χ0n) is 12.8. The molecule has 0 unspecified atom stereocenters. The van der Waals surface area contributed by atoms with Crippen LogP contribution in [0.1, 0.15) is 37.9 Å². The Labute approximate surface area is 124 Å². The molecule has 5 nitrogen and oxygen atoms in total. The van der Waals surface area contributed by atoms with Crippen LogP contribution in [-0.4, -0.2) is 24.3 Å². The molecule has 0 fully saturated rings. The molecular formula is C16H21NO4. The molecular weight excluding hydrogens is 270 g/mol. The summed E-state index contributed by atoms with van der Waals surface area (Å²) in [5, 5.41) is 2.68. The van der Waals surface area contributed by atoms with E-state index in [0.29, 0.717) is 5.56 Å². The number of aryl methyl sites for hydroxylation is 1. The van der Waals surface area contributed by atoms with Gasteiger partial charge in [0.15, 0.2) is 0 Å². The molecule has 1 N–H and O–H groups in total. The first-order chi connectivity index (χ1) is 9.86. The molecule has 0 saturated carbocycles. The quantitative estimate of drug-likeness (QED) is 0.642. The third-order valence-electron chi connectivity index (χ3n) is 3.11. The van der Waals surface area contributed by atoms with E-state index < -0.39 is 17.9 Å². The van der Waals surface area contributed by atoms with Gasteiger partial charge in [-0.3, -0.25) is 14.4 Å². The summed E-state index contributed by atoms with van der Waals surface area (Å²) in [5.74, 6) is -2.32. The van der Waals surface area contributed by atoms with Crippen molar-refractivity contribution >= 4 is 17.7 Å². The second-order valence-corrected chi connectivity index (χ2v) is 4.93. The molecule has 0 radical (unpaired) electrons. The summed E-state index contributed by atoms with van der Waals surface area (Å²) >= 11 is 0. The monoisotopic (exact) mass is 291 g/mol. The Morgan fingerprint density at radius 1 is 1.14 bits per heavy atom. The first-order valence-electron chi connectivity index (χ1n) is 6.87. The van der Waals surface area contributed by atoms with Gasteiger partial charge >= 0.3 is 5.97 Å². The molecule has 0 bridgehead atoms.